The molecule has 2 aromatic rings. The van der Waals surface area contributed by atoms with E-state index in [1.807, 2.05) is 30.0 Å². The van der Waals surface area contributed by atoms with Crippen molar-refractivity contribution in [2.75, 3.05) is 32.7 Å². The molecule has 5 nitrogen and oxygen atoms in total. The molecule has 2 fully saturated rings. The van der Waals surface area contributed by atoms with E-state index in [0.717, 1.165) is 35.2 Å². The summed E-state index contributed by atoms with van der Waals surface area (Å²) in [6.45, 7) is 5.92. The Morgan fingerprint density at radius 2 is 2.08 bits per heavy atom. The first-order valence-corrected chi connectivity index (χ1v) is 9.22. The van der Waals surface area contributed by atoms with Crippen LogP contribution >= 0.6 is 0 Å². The summed E-state index contributed by atoms with van der Waals surface area (Å²) in [6, 6.07) is 6.05. The Morgan fingerprint density at radius 3 is 2.88 bits per heavy atom. The van der Waals surface area contributed by atoms with E-state index in [1.165, 1.54) is 12.8 Å². The van der Waals surface area contributed by atoms with Gasteiger partial charge in [-0.15, -0.1) is 0 Å². The first-order chi connectivity index (χ1) is 12.0. The number of aliphatic hydroxyl groups is 1. The molecule has 1 aromatic carbocycles. The first-order valence-electron chi connectivity index (χ1n) is 9.22. The van der Waals surface area contributed by atoms with Crippen LogP contribution in [0, 0.1) is 6.92 Å². The molecule has 0 radical (unpaired) electrons. The molecule has 3 heterocycles. The Labute approximate surface area is 148 Å². The van der Waals surface area contributed by atoms with E-state index >= 15 is 0 Å². The second-order valence-electron chi connectivity index (χ2n) is 7.71. The van der Waals surface area contributed by atoms with Crippen LogP contribution in [0.2, 0.25) is 0 Å². The molecule has 0 unspecified atom stereocenters. The first kappa shape index (κ1) is 16.6. The molecule has 0 aliphatic carbocycles. The van der Waals surface area contributed by atoms with Crippen molar-refractivity contribution >= 4 is 16.9 Å². The number of β-amino-alcohol motifs (C(OH)–C–C–N with tert-alkyl or cyclic N) is 1. The summed E-state index contributed by atoms with van der Waals surface area (Å²) >= 11 is 0. The molecule has 134 valence electrons. The van der Waals surface area contributed by atoms with E-state index in [9.17, 15) is 9.90 Å². The third kappa shape index (κ3) is 3.44. The Bertz CT molecular complexity index is 778. The minimum atomic E-state index is -0.754. The molecule has 2 saturated heterocycles. The quantitative estimate of drug-likeness (QED) is 0.927. The fraction of sp³-hybridized carbons (Fsp3) is 0.550. The average Bonchev–Trinajstić information content (AvgIpc) is 3.29. The molecular formula is C20H26N2O3. The highest BCUT2D eigenvalue weighted by Crippen LogP contribution is 2.27. The topological polar surface area (TPSA) is 56.9 Å². The standard InChI is InChI=1S/C20H26N2O3/c1-15-4-5-17-16(12-25-18(17)10-15)11-19(23)22-9-6-20(24,14-22)13-21-7-2-3-8-21/h4-5,10,12,24H,2-3,6-9,11,13-14H2,1H3/t20-/m1/s1. The summed E-state index contributed by atoms with van der Waals surface area (Å²) in [4.78, 5) is 16.8. The van der Waals surface area contributed by atoms with Crippen LogP contribution < -0.4 is 0 Å². The number of fused-ring (bicyclic) bond motifs is 1. The lowest BCUT2D eigenvalue weighted by molar-refractivity contribution is -0.130. The largest absolute Gasteiger partial charge is 0.464 e. The normalized spacial score (nSPS) is 24.5. The van der Waals surface area contributed by atoms with Crippen LogP contribution in [0.15, 0.2) is 28.9 Å². The SMILES string of the molecule is Cc1ccc2c(CC(=O)N3CC[C@@](O)(CN4CCCC4)C3)coc2c1. The number of likely N-dealkylation sites (tertiary alicyclic amines) is 2. The van der Waals surface area contributed by atoms with Gasteiger partial charge in [-0.1, -0.05) is 12.1 Å². The van der Waals surface area contributed by atoms with E-state index in [0.29, 0.717) is 32.5 Å². The number of furan rings is 1. The maximum atomic E-state index is 12.7. The van der Waals surface area contributed by atoms with Gasteiger partial charge >= 0.3 is 0 Å². The highest BCUT2D eigenvalue weighted by Gasteiger charge is 2.39. The van der Waals surface area contributed by atoms with Gasteiger partial charge < -0.3 is 19.3 Å². The van der Waals surface area contributed by atoms with Crippen LogP contribution in [0.1, 0.15) is 30.4 Å². The molecule has 5 heteroatoms. The fourth-order valence-electron chi connectivity index (χ4n) is 4.16. The second-order valence-corrected chi connectivity index (χ2v) is 7.71. The van der Waals surface area contributed by atoms with Gasteiger partial charge in [0.15, 0.2) is 0 Å². The van der Waals surface area contributed by atoms with Gasteiger partial charge in [0.1, 0.15) is 5.58 Å². The maximum Gasteiger partial charge on any atom is 0.227 e. The number of hydrogen-bond donors (Lipinski definition) is 1. The van der Waals surface area contributed by atoms with Crippen LogP contribution in [-0.2, 0) is 11.2 Å². The summed E-state index contributed by atoms with van der Waals surface area (Å²) in [7, 11) is 0. The highest BCUT2D eigenvalue weighted by molar-refractivity contribution is 5.88. The van der Waals surface area contributed by atoms with E-state index < -0.39 is 5.60 Å². The molecule has 0 spiro atoms. The van der Waals surface area contributed by atoms with Crippen molar-refractivity contribution < 1.29 is 14.3 Å². The van der Waals surface area contributed by atoms with E-state index in [4.69, 9.17) is 4.42 Å². The number of amides is 1. The van der Waals surface area contributed by atoms with Gasteiger partial charge in [-0.25, -0.2) is 0 Å². The summed E-state index contributed by atoms with van der Waals surface area (Å²) in [5.74, 6) is 0.0700. The van der Waals surface area contributed by atoms with Gasteiger partial charge in [0.25, 0.3) is 0 Å². The molecule has 0 bridgehead atoms. The summed E-state index contributed by atoms with van der Waals surface area (Å²) in [5.41, 5.74) is 2.14. The highest BCUT2D eigenvalue weighted by atomic mass is 16.3. The monoisotopic (exact) mass is 342 g/mol. The van der Waals surface area contributed by atoms with Crippen molar-refractivity contribution in [1.82, 2.24) is 9.80 Å². The van der Waals surface area contributed by atoms with Crippen LogP contribution in [-0.4, -0.2) is 59.1 Å². The summed E-state index contributed by atoms with van der Waals surface area (Å²) in [5, 5.41) is 11.9. The van der Waals surface area contributed by atoms with Gasteiger partial charge in [0, 0.05) is 24.0 Å². The summed E-state index contributed by atoms with van der Waals surface area (Å²) < 4.78 is 5.60. The van der Waals surface area contributed by atoms with Crippen molar-refractivity contribution in [3.8, 4) is 0 Å². The van der Waals surface area contributed by atoms with Crippen LogP contribution in [0.3, 0.4) is 0 Å². The summed E-state index contributed by atoms with van der Waals surface area (Å²) in [6.07, 6.45) is 5.11. The number of carbonyl (C=O) groups is 1. The van der Waals surface area contributed by atoms with Gasteiger partial charge in [-0.2, -0.15) is 0 Å². The maximum absolute atomic E-state index is 12.7. The molecule has 1 atom stereocenters. The predicted molar refractivity (Wildman–Crippen MR) is 96.5 cm³/mol. The van der Waals surface area contributed by atoms with E-state index in [1.54, 1.807) is 6.26 Å². The lowest BCUT2D eigenvalue weighted by Crippen LogP contribution is -2.45. The zero-order valence-electron chi connectivity index (χ0n) is 14.8. The van der Waals surface area contributed by atoms with Gasteiger partial charge in [0.05, 0.1) is 24.8 Å². The lowest BCUT2D eigenvalue weighted by atomic mass is 10.0. The molecule has 25 heavy (non-hydrogen) atoms. The third-order valence-corrected chi connectivity index (χ3v) is 5.55. The number of hydrogen-bond acceptors (Lipinski definition) is 4. The van der Waals surface area contributed by atoms with Crippen molar-refractivity contribution in [3.63, 3.8) is 0 Å². The van der Waals surface area contributed by atoms with Crippen LogP contribution in [0.4, 0.5) is 0 Å². The van der Waals surface area contributed by atoms with Crippen molar-refractivity contribution in [2.45, 2.75) is 38.2 Å². The fourth-order valence-corrected chi connectivity index (χ4v) is 4.16. The molecule has 2 aliphatic heterocycles. The van der Waals surface area contributed by atoms with E-state index in [-0.39, 0.29) is 5.91 Å². The number of rotatable bonds is 4. The van der Waals surface area contributed by atoms with Crippen molar-refractivity contribution in [1.29, 1.82) is 0 Å². The van der Waals surface area contributed by atoms with Crippen molar-refractivity contribution in [2.24, 2.45) is 0 Å². The molecule has 1 amide bonds. The molecule has 1 N–H and O–H groups in total. The molecule has 1 aromatic heterocycles. The molecule has 4 rings (SSSR count). The Morgan fingerprint density at radius 1 is 1.28 bits per heavy atom. The number of benzene rings is 1. The van der Waals surface area contributed by atoms with E-state index in [2.05, 4.69) is 4.90 Å². The smallest absolute Gasteiger partial charge is 0.227 e. The number of aryl methyl sites for hydroxylation is 1. The Hall–Kier alpha value is -1.85. The predicted octanol–water partition coefficient (Wildman–Crippen LogP) is 2.34. The van der Waals surface area contributed by atoms with Crippen LogP contribution in [0.5, 0.6) is 0 Å². The van der Waals surface area contributed by atoms with Gasteiger partial charge in [-0.05, 0) is 50.9 Å². The Kier molecular flexibility index (Phi) is 4.29. The number of nitrogens with zero attached hydrogens (tertiary/aromatic N) is 2. The van der Waals surface area contributed by atoms with Crippen molar-refractivity contribution in [3.05, 3.63) is 35.6 Å². The minimum absolute atomic E-state index is 0.0700. The molecular weight excluding hydrogens is 316 g/mol. The Balaban J connectivity index is 1.41. The molecule has 0 saturated carbocycles. The zero-order valence-corrected chi connectivity index (χ0v) is 14.8. The van der Waals surface area contributed by atoms with Gasteiger partial charge in [0.2, 0.25) is 5.91 Å². The zero-order chi connectivity index (χ0) is 17.4. The minimum Gasteiger partial charge on any atom is -0.464 e. The third-order valence-electron chi connectivity index (χ3n) is 5.55. The number of carbonyl (C=O) groups excluding carboxylic acids is 1. The second kappa shape index (κ2) is 6.46. The average molecular weight is 342 g/mol. The molecule has 2 aliphatic rings. The lowest BCUT2D eigenvalue weighted by Gasteiger charge is -2.28. The van der Waals surface area contributed by atoms with Crippen LogP contribution in [0.25, 0.3) is 11.0 Å². The van der Waals surface area contributed by atoms with Gasteiger partial charge in [-0.3, -0.25) is 4.79 Å².